The Morgan fingerprint density at radius 2 is 1.02 bits per heavy atom. The number of aromatic nitrogens is 4. The van der Waals surface area contributed by atoms with Crippen LogP contribution in [-0.4, -0.2) is 95.3 Å². The molecule has 0 aliphatic carbocycles. The highest BCUT2D eigenvalue weighted by atomic mass is 19.1. The Bertz CT molecular complexity index is 3100. The van der Waals surface area contributed by atoms with Crippen molar-refractivity contribution in [3.05, 3.63) is 108 Å². The van der Waals surface area contributed by atoms with Crippen molar-refractivity contribution in [1.29, 1.82) is 0 Å². The third-order valence-electron chi connectivity index (χ3n) is 11.7. The maximum absolute atomic E-state index is 14.0. The van der Waals surface area contributed by atoms with Crippen LogP contribution in [0.1, 0.15) is 13.8 Å². The minimum absolute atomic E-state index is 0.0786. The van der Waals surface area contributed by atoms with Crippen LogP contribution < -0.4 is 14.8 Å². The summed E-state index contributed by atoms with van der Waals surface area (Å²) in [6, 6.07) is 23.2. The zero-order chi connectivity index (χ0) is 42.1. The SMILES string of the molecule is CC(CN(C)C)Oc1c2[nH]c3ccc(F)cc3c2cc2c1[nH]c1ccc(F)cc12.CC1CN(CCOc2c3[nH]c4ccc(F)cc4c3cc3c2[nH]c2ccc(F)cc23)CCN1. The van der Waals surface area contributed by atoms with E-state index in [1.54, 1.807) is 24.3 Å². The quantitative estimate of drug-likeness (QED) is 0.0983. The second kappa shape index (κ2) is 15.3. The summed E-state index contributed by atoms with van der Waals surface area (Å²) in [5, 5.41) is 10.0. The summed E-state index contributed by atoms with van der Waals surface area (Å²) in [7, 11) is 3.99. The van der Waals surface area contributed by atoms with Crippen LogP contribution in [0.2, 0.25) is 0 Å². The van der Waals surface area contributed by atoms with Crippen molar-refractivity contribution >= 4 is 87.2 Å². The first-order chi connectivity index (χ1) is 29.5. The van der Waals surface area contributed by atoms with Gasteiger partial charge in [-0.3, -0.25) is 4.90 Å². The van der Waals surface area contributed by atoms with Gasteiger partial charge in [-0.15, -0.1) is 0 Å². The van der Waals surface area contributed by atoms with Crippen molar-refractivity contribution in [2.24, 2.45) is 0 Å². The second-order valence-electron chi connectivity index (χ2n) is 16.6. The van der Waals surface area contributed by atoms with Crippen molar-refractivity contribution < 1.29 is 27.0 Å². The third-order valence-corrected chi connectivity index (χ3v) is 11.7. The molecule has 13 heteroatoms. The number of piperazine rings is 1. The topological polar surface area (TPSA) is 100 Å². The lowest BCUT2D eigenvalue weighted by Crippen LogP contribution is -2.50. The van der Waals surface area contributed by atoms with Crippen molar-refractivity contribution in [1.82, 2.24) is 35.1 Å². The number of hydrogen-bond donors (Lipinski definition) is 5. The first-order valence-corrected chi connectivity index (χ1v) is 20.6. The highest BCUT2D eigenvalue weighted by Crippen LogP contribution is 2.43. The summed E-state index contributed by atoms with van der Waals surface area (Å²) in [6.45, 7) is 9.22. The molecule has 0 radical (unpaired) electrons. The van der Waals surface area contributed by atoms with Crippen molar-refractivity contribution in [3.63, 3.8) is 0 Å². The summed E-state index contributed by atoms with van der Waals surface area (Å²) in [4.78, 5) is 18.0. The average molecular weight is 828 g/mol. The fourth-order valence-electron chi connectivity index (χ4n) is 9.10. The molecular weight excluding hydrogens is 783 g/mol. The zero-order valence-electron chi connectivity index (χ0n) is 34.2. The molecule has 6 aromatic carbocycles. The third kappa shape index (κ3) is 7.15. The summed E-state index contributed by atoms with van der Waals surface area (Å²) in [5.41, 5.74) is 6.57. The van der Waals surface area contributed by atoms with Gasteiger partial charge in [-0.2, -0.15) is 0 Å². The van der Waals surface area contributed by atoms with E-state index in [-0.39, 0.29) is 29.4 Å². The maximum atomic E-state index is 14.0. The Hall–Kier alpha value is -6.28. The largest absolute Gasteiger partial charge is 0.488 e. The highest BCUT2D eigenvalue weighted by Gasteiger charge is 2.22. The number of halogens is 4. The number of hydrogen-bond acceptors (Lipinski definition) is 5. The van der Waals surface area contributed by atoms with Crippen LogP contribution in [0.4, 0.5) is 17.6 Å². The number of rotatable bonds is 8. The molecule has 10 aromatic rings. The van der Waals surface area contributed by atoms with E-state index in [2.05, 4.69) is 42.0 Å². The molecule has 5 heterocycles. The van der Waals surface area contributed by atoms with Gasteiger partial charge in [0.25, 0.3) is 0 Å². The number of benzene rings is 6. The molecule has 61 heavy (non-hydrogen) atoms. The second-order valence-corrected chi connectivity index (χ2v) is 16.6. The zero-order valence-corrected chi connectivity index (χ0v) is 34.2. The van der Waals surface area contributed by atoms with Gasteiger partial charge in [-0.25, -0.2) is 17.6 Å². The highest BCUT2D eigenvalue weighted by molar-refractivity contribution is 6.22. The van der Waals surface area contributed by atoms with E-state index in [4.69, 9.17) is 9.47 Å². The minimum atomic E-state index is -0.299. The summed E-state index contributed by atoms with van der Waals surface area (Å²) >= 11 is 0. The van der Waals surface area contributed by atoms with Gasteiger partial charge in [-0.05, 0) is 113 Å². The molecule has 1 aliphatic heterocycles. The van der Waals surface area contributed by atoms with Crippen molar-refractivity contribution in [2.75, 3.05) is 53.4 Å². The summed E-state index contributed by atoms with van der Waals surface area (Å²) < 4.78 is 68.7. The molecule has 11 rings (SSSR count). The first kappa shape index (κ1) is 38.9. The van der Waals surface area contributed by atoms with E-state index in [1.807, 2.05) is 33.2 Å². The van der Waals surface area contributed by atoms with Crippen LogP contribution in [0.3, 0.4) is 0 Å². The summed E-state index contributed by atoms with van der Waals surface area (Å²) in [6.07, 6.45) is -0.0786. The Labute approximate surface area is 347 Å². The van der Waals surface area contributed by atoms with Gasteiger partial charge in [0.1, 0.15) is 36.0 Å². The van der Waals surface area contributed by atoms with Gasteiger partial charge in [0.2, 0.25) is 0 Å². The molecule has 0 amide bonds. The van der Waals surface area contributed by atoms with E-state index in [0.717, 1.165) is 120 Å². The Kier molecular flexibility index (Phi) is 9.77. The maximum Gasteiger partial charge on any atom is 0.167 e. The van der Waals surface area contributed by atoms with E-state index in [1.165, 1.54) is 48.5 Å². The Morgan fingerprint density at radius 3 is 1.41 bits per heavy atom. The molecule has 9 nitrogen and oxygen atoms in total. The molecule has 1 fully saturated rings. The number of nitrogens with one attached hydrogen (secondary N) is 5. The van der Waals surface area contributed by atoms with Gasteiger partial charge in [-0.1, -0.05) is 0 Å². The fraction of sp³-hybridized carbons (Fsp3) is 0.250. The van der Waals surface area contributed by atoms with Gasteiger partial charge in [0.05, 0.1) is 22.1 Å². The van der Waals surface area contributed by atoms with Crippen LogP contribution in [0.5, 0.6) is 11.5 Å². The van der Waals surface area contributed by atoms with Gasteiger partial charge < -0.3 is 39.6 Å². The molecule has 0 bridgehead atoms. The molecule has 0 spiro atoms. The van der Waals surface area contributed by atoms with Crippen LogP contribution >= 0.6 is 0 Å². The number of H-pyrrole nitrogens is 4. The van der Waals surface area contributed by atoms with Crippen LogP contribution in [0.25, 0.3) is 87.2 Å². The number of ether oxygens (including phenoxy) is 2. The average Bonchev–Trinajstić information content (AvgIpc) is 3.98. The van der Waals surface area contributed by atoms with Gasteiger partial charge >= 0.3 is 0 Å². The molecular formula is C48H45F4N7O2. The van der Waals surface area contributed by atoms with E-state index in [9.17, 15) is 17.6 Å². The standard InChI is InChI=1S/C25H24F2N4O.C23H21F2N3O/c1-14-13-31(7-6-28-14)8-9-32-25-23-19(17-10-15(26)2-4-21(17)29-23)12-20-18-11-16(27)3-5-22(18)30-24(20)25;1-12(11-28(2)3)29-23-21-17(15-8-13(24)4-6-19(15)26-21)10-18-16-9-14(25)5-7-20(16)27-22(18)23/h2-5,10-12,14,28-30H,6-9,13H2,1H3;4-10,12,26-27H,11H2,1-3H3. The smallest absolute Gasteiger partial charge is 0.167 e. The van der Waals surface area contributed by atoms with E-state index >= 15 is 0 Å². The molecule has 2 unspecified atom stereocenters. The van der Waals surface area contributed by atoms with E-state index < -0.39 is 0 Å². The lowest BCUT2D eigenvalue weighted by Gasteiger charge is -2.31. The van der Waals surface area contributed by atoms with E-state index in [0.29, 0.717) is 24.1 Å². The molecule has 312 valence electrons. The molecule has 1 aliphatic rings. The fourth-order valence-corrected chi connectivity index (χ4v) is 9.10. The Balaban J connectivity index is 0.000000147. The van der Waals surface area contributed by atoms with Crippen molar-refractivity contribution in [3.8, 4) is 11.5 Å². The van der Waals surface area contributed by atoms with Crippen LogP contribution in [-0.2, 0) is 0 Å². The summed E-state index contributed by atoms with van der Waals surface area (Å²) in [5.74, 6) is 0.172. The number of likely N-dealkylation sites (N-methyl/N-ethyl adjacent to an activating group) is 1. The van der Waals surface area contributed by atoms with Gasteiger partial charge in [0.15, 0.2) is 11.5 Å². The predicted octanol–water partition coefficient (Wildman–Crippen LogP) is 10.5. The molecule has 5 N–H and O–H groups in total. The lowest BCUT2D eigenvalue weighted by atomic mass is 10.1. The number of nitrogens with zero attached hydrogens (tertiary/aromatic N) is 2. The normalized spacial score (nSPS) is 15.7. The monoisotopic (exact) mass is 827 g/mol. The molecule has 1 saturated heterocycles. The molecule has 2 atom stereocenters. The number of aromatic amines is 4. The predicted molar refractivity (Wildman–Crippen MR) is 238 cm³/mol. The molecule has 0 saturated carbocycles. The Morgan fingerprint density at radius 1 is 0.607 bits per heavy atom. The van der Waals surface area contributed by atoms with Crippen LogP contribution in [0.15, 0.2) is 84.9 Å². The van der Waals surface area contributed by atoms with Gasteiger partial charge in [0, 0.05) is 104 Å². The van der Waals surface area contributed by atoms with Crippen LogP contribution in [0, 0.1) is 23.3 Å². The minimum Gasteiger partial charge on any atom is -0.488 e. The first-order valence-electron chi connectivity index (χ1n) is 20.6. The lowest BCUT2D eigenvalue weighted by molar-refractivity contribution is 0.171. The molecule has 4 aromatic heterocycles. The number of fused-ring (bicyclic) bond motifs is 12. The van der Waals surface area contributed by atoms with Crippen molar-refractivity contribution in [2.45, 2.75) is 26.0 Å².